The standard InChI is InChI=1S/C21H20N4O4/c1-13-4-7-16(8-5-13)21(27)29-18-9-6-15(11-19(18)28-3)12-22-25-20(26)17-10-14(2)23-24-17/h4-12H,1-3H3,(H,23,24)(H,25,26)/b22-12+. The highest BCUT2D eigenvalue weighted by atomic mass is 16.6. The second kappa shape index (κ2) is 8.83. The number of esters is 1. The van der Waals surface area contributed by atoms with Gasteiger partial charge in [0.25, 0.3) is 5.91 Å². The molecule has 2 N–H and O–H groups in total. The number of nitrogens with one attached hydrogen (secondary N) is 2. The number of hydrazone groups is 1. The minimum absolute atomic E-state index is 0.246. The third-order valence-corrected chi connectivity index (χ3v) is 4.00. The number of aryl methyl sites for hydroxylation is 2. The molecule has 0 radical (unpaired) electrons. The van der Waals surface area contributed by atoms with E-state index in [9.17, 15) is 9.59 Å². The zero-order valence-electron chi connectivity index (χ0n) is 16.2. The van der Waals surface area contributed by atoms with E-state index < -0.39 is 11.9 Å². The average molecular weight is 392 g/mol. The highest BCUT2D eigenvalue weighted by Gasteiger charge is 2.13. The summed E-state index contributed by atoms with van der Waals surface area (Å²) in [5, 5.41) is 10.5. The highest BCUT2D eigenvalue weighted by Crippen LogP contribution is 2.28. The van der Waals surface area contributed by atoms with Gasteiger partial charge in [-0.2, -0.15) is 10.2 Å². The Labute approximate surface area is 167 Å². The number of amides is 1. The van der Waals surface area contributed by atoms with Crippen LogP contribution >= 0.6 is 0 Å². The van der Waals surface area contributed by atoms with E-state index in [0.29, 0.717) is 16.9 Å². The Kier molecular flexibility index (Phi) is 6.03. The smallest absolute Gasteiger partial charge is 0.343 e. The number of nitrogens with zero attached hydrogens (tertiary/aromatic N) is 2. The van der Waals surface area contributed by atoms with Crippen LogP contribution in [0.25, 0.3) is 0 Å². The first-order valence-corrected chi connectivity index (χ1v) is 8.78. The minimum atomic E-state index is -0.480. The van der Waals surface area contributed by atoms with Crippen LogP contribution < -0.4 is 14.9 Å². The molecule has 148 valence electrons. The van der Waals surface area contributed by atoms with E-state index >= 15 is 0 Å². The van der Waals surface area contributed by atoms with Crippen molar-refractivity contribution in [3.8, 4) is 11.5 Å². The van der Waals surface area contributed by atoms with Crippen LogP contribution in [0, 0.1) is 13.8 Å². The van der Waals surface area contributed by atoms with Crippen LogP contribution in [0.4, 0.5) is 0 Å². The zero-order valence-corrected chi connectivity index (χ0v) is 16.2. The minimum Gasteiger partial charge on any atom is -0.493 e. The Hall–Kier alpha value is -3.94. The van der Waals surface area contributed by atoms with Crippen molar-refractivity contribution < 1.29 is 19.1 Å². The first kappa shape index (κ1) is 19.8. The van der Waals surface area contributed by atoms with Gasteiger partial charge in [0.1, 0.15) is 0 Å². The summed E-state index contributed by atoms with van der Waals surface area (Å²) in [7, 11) is 1.47. The monoisotopic (exact) mass is 392 g/mol. The van der Waals surface area contributed by atoms with Crippen LogP contribution in [-0.2, 0) is 0 Å². The number of benzene rings is 2. The molecule has 29 heavy (non-hydrogen) atoms. The maximum absolute atomic E-state index is 12.3. The number of H-pyrrole nitrogens is 1. The fourth-order valence-electron chi connectivity index (χ4n) is 2.45. The van der Waals surface area contributed by atoms with Gasteiger partial charge in [0.15, 0.2) is 17.2 Å². The summed E-state index contributed by atoms with van der Waals surface area (Å²) in [5.74, 6) is -0.262. The molecule has 8 nitrogen and oxygen atoms in total. The molecule has 0 aliphatic rings. The molecule has 1 heterocycles. The van der Waals surface area contributed by atoms with E-state index in [2.05, 4.69) is 20.7 Å². The summed E-state index contributed by atoms with van der Waals surface area (Å²) in [4.78, 5) is 24.2. The number of aromatic nitrogens is 2. The lowest BCUT2D eigenvalue weighted by atomic mass is 10.1. The fraction of sp³-hybridized carbons (Fsp3) is 0.143. The molecule has 0 saturated heterocycles. The summed E-state index contributed by atoms with van der Waals surface area (Å²) in [5.41, 5.74) is 5.56. The molecule has 2 aromatic carbocycles. The molecule has 0 aliphatic carbocycles. The molecular formula is C21H20N4O4. The van der Waals surface area contributed by atoms with Gasteiger partial charge in [0.2, 0.25) is 0 Å². The Bertz CT molecular complexity index is 1050. The quantitative estimate of drug-likeness (QED) is 0.290. The van der Waals surface area contributed by atoms with Crippen LogP contribution in [0.3, 0.4) is 0 Å². The maximum atomic E-state index is 12.3. The molecule has 1 aromatic heterocycles. The Morgan fingerprint density at radius 3 is 2.48 bits per heavy atom. The van der Waals surface area contributed by atoms with Gasteiger partial charge >= 0.3 is 5.97 Å². The highest BCUT2D eigenvalue weighted by molar-refractivity contribution is 5.93. The van der Waals surface area contributed by atoms with Crippen LogP contribution in [0.1, 0.15) is 37.7 Å². The van der Waals surface area contributed by atoms with Crippen LogP contribution in [0.15, 0.2) is 53.6 Å². The van der Waals surface area contributed by atoms with Crippen LogP contribution in [0.5, 0.6) is 11.5 Å². The van der Waals surface area contributed by atoms with Crippen molar-refractivity contribution in [1.29, 1.82) is 0 Å². The predicted octanol–water partition coefficient (Wildman–Crippen LogP) is 3.02. The van der Waals surface area contributed by atoms with Crippen molar-refractivity contribution in [1.82, 2.24) is 15.6 Å². The predicted molar refractivity (Wildman–Crippen MR) is 108 cm³/mol. The Morgan fingerprint density at radius 1 is 1.07 bits per heavy atom. The molecule has 3 rings (SSSR count). The van der Waals surface area contributed by atoms with Crippen molar-refractivity contribution in [2.45, 2.75) is 13.8 Å². The normalized spacial score (nSPS) is 10.7. The fourth-order valence-corrected chi connectivity index (χ4v) is 2.45. The van der Waals surface area contributed by atoms with E-state index in [1.54, 1.807) is 43.3 Å². The number of carbonyl (C=O) groups excluding carboxylic acids is 2. The molecule has 8 heteroatoms. The molecule has 0 spiro atoms. The van der Waals surface area contributed by atoms with E-state index in [4.69, 9.17) is 9.47 Å². The number of rotatable bonds is 6. The number of hydrogen-bond donors (Lipinski definition) is 2. The van der Waals surface area contributed by atoms with Crippen molar-refractivity contribution in [3.63, 3.8) is 0 Å². The average Bonchev–Trinajstić information content (AvgIpc) is 3.15. The molecular weight excluding hydrogens is 372 g/mol. The Morgan fingerprint density at radius 2 is 1.83 bits per heavy atom. The number of methoxy groups -OCH3 is 1. The van der Waals surface area contributed by atoms with Gasteiger partial charge in [-0.3, -0.25) is 9.89 Å². The van der Waals surface area contributed by atoms with Crippen LogP contribution in [0.2, 0.25) is 0 Å². The molecule has 0 atom stereocenters. The molecule has 3 aromatic rings. The second-order valence-electron chi connectivity index (χ2n) is 6.30. The number of carbonyl (C=O) groups is 2. The molecule has 0 fully saturated rings. The number of hydrogen-bond acceptors (Lipinski definition) is 6. The van der Waals surface area contributed by atoms with E-state index in [1.807, 2.05) is 19.1 Å². The first-order chi connectivity index (χ1) is 14.0. The van der Waals surface area contributed by atoms with E-state index in [1.165, 1.54) is 13.3 Å². The lowest BCUT2D eigenvalue weighted by Gasteiger charge is -2.10. The van der Waals surface area contributed by atoms with Crippen molar-refractivity contribution in [3.05, 3.63) is 76.6 Å². The van der Waals surface area contributed by atoms with E-state index in [-0.39, 0.29) is 11.4 Å². The molecule has 0 bridgehead atoms. The van der Waals surface area contributed by atoms with Crippen molar-refractivity contribution >= 4 is 18.1 Å². The summed E-state index contributed by atoms with van der Waals surface area (Å²) >= 11 is 0. The van der Waals surface area contributed by atoms with E-state index in [0.717, 1.165) is 11.3 Å². The van der Waals surface area contributed by atoms with Gasteiger partial charge in [-0.25, -0.2) is 10.2 Å². The largest absolute Gasteiger partial charge is 0.493 e. The first-order valence-electron chi connectivity index (χ1n) is 8.78. The van der Waals surface area contributed by atoms with Gasteiger partial charge < -0.3 is 9.47 Å². The lowest BCUT2D eigenvalue weighted by molar-refractivity contribution is 0.0729. The second-order valence-corrected chi connectivity index (χ2v) is 6.30. The maximum Gasteiger partial charge on any atom is 0.343 e. The van der Waals surface area contributed by atoms with Crippen molar-refractivity contribution in [2.24, 2.45) is 5.10 Å². The third kappa shape index (κ3) is 5.07. The van der Waals surface area contributed by atoms with Crippen molar-refractivity contribution in [2.75, 3.05) is 7.11 Å². The number of ether oxygens (including phenoxy) is 2. The molecule has 0 aliphatic heterocycles. The lowest BCUT2D eigenvalue weighted by Crippen LogP contribution is -2.18. The number of aromatic amines is 1. The Balaban J connectivity index is 1.67. The summed E-state index contributed by atoms with van der Waals surface area (Å²) in [6, 6.07) is 13.6. The zero-order chi connectivity index (χ0) is 20.8. The van der Waals surface area contributed by atoms with Gasteiger partial charge in [-0.1, -0.05) is 17.7 Å². The molecule has 0 saturated carbocycles. The summed E-state index contributed by atoms with van der Waals surface area (Å²) in [6.45, 7) is 3.74. The summed E-state index contributed by atoms with van der Waals surface area (Å²) < 4.78 is 10.7. The summed E-state index contributed by atoms with van der Waals surface area (Å²) in [6.07, 6.45) is 1.45. The van der Waals surface area contributed by atoms with Gasteiger partial charge in [-0.05, 0) is 55.8 Å². The molecule has 1 amide bonds. The van der Waals surface area contributed by atoms with Gasteiger partial charge in [0, 0.05) is 5.69 Å². The SMILES string of the molecule is COc1cc(/C=N/NC(=O)c2cc(C)[nH]n2)ccc1OC(=O)c1ccc(C)cc1. The topological polar surface area (TPSA) is 106 Å². The van der Waals surface area contributed by atoms with Gasteiger partial charge in [-0.15, -0.1) is 0 Å². The third-order valence-electron chi connectivity index (χ3n) is 4.00. The van der Waals surface area contributed by atoms with Crippen LogP contribution in [-0.4, -0.2) is 35.4 Å². The molecule has 0 unspecified atom stereocenters. The van der Waals surface area contributed by atoms with Gasteiger partial charge in [0.05, 0.1) is 18.9 Å².